The fourth-order valence-electron chi connectivity index (χ4n) is 1.21. The molecule has 3 heteroatoms. The van der Waals surface area contributed by atoms with Crippen molar-refractivity contribution < 1.29 is 21.9 Å². The van der Waals surface area contributed by atoms with Crippen LogP contribution in [0, 0.1) is 63.7 Å². The molecule has 2 fully saturated rings. The molecule has 0 aromatic rings. The monoisotopic (exact) mass is 302 g/mol. The first-order valence-corrected chi connectivity index (χ1v) is 6.78. The summed E-state index contributed by atoms with van der Waals surface area (Å²) in [6, 6.07) is 0. The Morgan fingerprint density at radius 2 is 1.44 bits per heavy atom. The predicted octanol–water partition coefficient (Wildman–Crippen LogP) is 3.12. The molecule has 0 saturated heterocycles. The van der Waals surface area contributed by atoms with Crippen LogP contribution in [0.1, 0.15) is 13.8 Å². The maximum absolute atomic E-state index is 11.4. The first-order valence-electron chi connectivity index (χ1n) is 5.73. The normalized spacial score (nSPS) is 19.3. The van der Waals surface area contributed by atoms with Crippen LogP contribution in [0.5, 0.6) is 0 Å². The summed E-state index contributed by atoms with van der Waals surface area (Å²) in [7, 11) is 0. The van der Waals surface area contributed by atoms with Crippen molar-refractivity contribution in [3.63, 3.8) is 0 Å². The van der Waals surface area contributed by atoms with Gasteiger partial charge < -0.3 is 0 Å². The molecule has 0 amide bonds. The predicted molar refractivity (Wildman–Crippen MR) is 74.5 cm³/mol. The summed E-state index contributed by atoms with van der Waals surface area (Å²) in [5.41, 5.74) is 0. The second-order valence-corrected chi connectivity index (χ2v) is 5.48. The Morgan fingerprint density at radius 1 is 1.00 bits per heavy atom. The van der Waals surface area contributed by atoms with Gasteiger partial charge in [0, 0.05) is 5.92 Å². The Morgan fingerprint density at radius 3 is 1.83 bits per heavy atom. The van der Waals surface area contributed by atoms with Crippen molar-refractivity contribution in [2.75, 3.05) is 5.75 Å². The Labute approximate surface area is 128 Å². The van der Waals surface area contributed by atoms with Gasteiger partial charge in [-0.05, 0) is 63.0 Å². The minimum atomic E-state index is 0. The molecule has 0 aromatic carbocycles. The zero-order valence-corrected chi connectivity index (χ0v) is 12.6. The van der Waals surface area contributed by atoms with Crippen LogP contribution in [0.2, 0.25) is 0 Å². The fraction of sp³-hybridized carbons (Fsp3) is 0.267. The summed E-state index contributed by atoms with van der Waals surface area (Å²) < 4.78 is 0. The summed E-state index contributed by atoms with van der Waals surface area (Å²) in [5.74, 6) is 1.67. The average molecular weight is 302 g/mol. The summed E-state index contributed by atoms with van der Waals surface area (Å²) in [4.78, 5) is 11.4. The molecule has 0 N–H and O–H groups in total. The van der Waals surface area contributed by atoms with Crippen LogP contribution in [-0.4, -0.2) is 16.8 Å². The van der Waals surface area contributed by atoms with Crippen molar-refractivity contribution in [3.05, 3.63) is 63.7 Å². The Balaban J connectivity index is 0.000000405. The molecule has 0 heterocycles. The third-order valence-corrected chi connectivity index (χ3v) is 3.18. The van der Waals surface area contributed by atoms with E-state index in [0.29, 0.717) is 11.0 Å². The molecular weight excluding hydrogens is 284 g/mol. The maximum atomic E-state index is 11.4. The zero-order chi connectivity index (χ0) is 12.5. The summed E-state index contributed by atoms with van der Waals surface area (Å²) in [6.45, 7) is 4.20. The molecule has 2 saturated carbocycles. The summed E-state index contributed by atoms with van der Waals surface area (Å²) in [5, 5.41) is 0.531. The number of carbonyl (C=O) groups is 1. The van der Waals surface area contributed by atoms with E-state index in [9.17, 15) is 4.79 Å². The van der Waals surface area contributed by atoms with E-state index in [1.807, 2.05) is 57.8 Å². The molecule has 1 nitrogen and oxygen atoms in total. The second-order valence-electron chi connectivity index (χ2n) is 3.92. The quantitative estimate of drug-likeness (QED) is 0.742. The van der Waals surface area contributed by atoms with Gasteiger partial charge in [0.25, 0.3) is 0 Å². The van der Waals surface area contributed by atoms with E-state index in [-0.39, 0.29) is 22.9 Å². The van der Waals surface area contributed by atoms with Crippen LogP contribution >= 0.6 is 11.8 Å². The molecule has 0 aliphatic heterocycles. The smallest absolute Gasteiger partial charge is 0.298 e. The zero-order valence-electron chi connectivity index (χ0n) is 10.7. The number of thioether (sulfide) groups is 1. The van der Waals surface area contributed by atoms with Crippen molar-refractivity contribution in [3.8, 4) is 0 Å². The van der Waals surface area contributed by atoms with Gasteiger partial charge in [0.2, 0.25) is 0 Å². The third-order valence-electron chi connectivity index (χ3n) is 2.09. The first kappa shape index (κ1) is 18.5. The van der Waals surface area contributed by atoms with E-state index in [4.69, 9.17) is 0 Å². The van der Waals surface area contributed by atoms with Gasteiger partial charge in [-0.25, -0.2) is 0 Å². The van der Waals surface area contributed by atoms with Crippen LogP contribution in [-0.2, 0) is 21.9 Å². The number of carbonyl (C=O) groups excluding carboxylic acids is 1. The van der Waals surface area contributed by atoms with Gasteiger partial charge in [0.1, 0.15) is 0 Å². The van der Waals surface area contributed by atoms with Crippen molar-refractivity contribution >= 4 is 17.5 Å². The molecule has 0 atom stereocenters. The number of hydrogen-bond acceptors (Lipinski definition) is 2. The minimum Gasteiger partial charge on any atom is -0.298 e. The molecular formula is C15H18FeOS+2. The average Bonchev–Trinajstić information content (AvgIpc) is 2.99. The summed E-state index contributed by atoms with van der Waals surface area (Å²) >= 11 is 1.69. The van der Waals surface area contributed by atoms with Crippen molar-refractivity contribution in [1.29, 1.82) is 0 Å². The molecule has 0 bridgehead atoms. The van der Waals surface area contributed by atoms with Crippen LogP contribution < -0.4 is 0 Å². The number of ketones is 1. The van der Waals surface area contributed by atoms with Crippen LogP contribution in [0.4, 0.5) is 0 Å². The Bertz CT molecular complexity index is 201. The Kier molecular flexibility index (Phi) is 11.7. The summed E-state index contributed by atoms with van der Waals surface area (Å²) in [6.07, 6.45) is 17.5. The van der Waals surface area contributed by atoms with Gasteiger partial charge in [-0.3, -0.25) is 4.79 Å². The molecule has 0 aromatic heterocycles. The van der Waals surface area contributed by atoms with Gasteiger partial charge >= 0.3 is 17.1 Å². The fourth-order valence-corrected chi connectivity index (χ4v) is 1.86. The maximum Gasteiger partial charge on any atom is 2.00 e. The first-order chi connectivity index (χ1) is 8.20. The molecule has 0 unspecified atom stereocenters. The van der Waals surface area contributed by atoms with Gasteiger partial charge in [-0.15, -0.1) is 0 Å². The SMILES string of the molecule is CC(C)SCC(=O)[C]1[CH][CH][CH][CH]1.[CH]1[CH][CH][CH][CH]1.[Fe+2]. The molecule has 10 radical (unpaired) electrons. The number of rotatable bonds is 4. The standard InChI is InChI=1S/C10H13OS.C5H5.Fe/c1-8(2)12-7-10(11)9-5-3-4-6-9;1-2-4-5-3-1;/h3-6,8H,7H2,1-2H3;1-5H;/q;;+2. The molecule has 0 spiro atoms. The second kappa shape index (κ2) is 11.4. The van der Waals surface area contributed by atoms with Gasteiger partial charge in [0.05, 0.1) is 5.75 Å². The Hall–Kier alpha value is 0.539. The van der Waals surface area contributed by atoms with E-state index in [1.54, 1.807) is 11.8 Å². The molecule has 2 aliphatic carbocycles. The van der Waals surface area contributed by atoms with Crippen molar-refractivity contribution in [2.45, 2.75) is 19.1 Å². The van der Waals surface area contributed by atoms with E-state index in [2.05, 4.69) is 13.8 Å². The van der Waals surface area contributed by atoms with Crippen molar-refractivity contribution in [1.82, 2.24) is 0 Å². The molecule has 2 aliphatic rings. The minimum absolute atomic E-state index is 0. The molecule has 96 valence electrons. The van der Waals surface area contributed by atoms with Gasteiger partial charge in [-0.2, -0.15) is 11.8 Å². The van der Waals surface area contributed by atoms with Crippen LogP contribution in [0.3, 0.4) is 0 Å². The topological polar surface area (TPSA) is 17.1 Å². The van der Waals surface area contributed by atoms with Crippen LogP contribution in [0.25, 0.3) is 0 Å². The molecule has 18 heavy (non-hydrogen) atoms. The van der Waals surface area contributed by atoms with E-state index < -0.39 is 0 Å². The largest absolute Gasteiger partial charge is 2.00 e. The van der Waals surface area contributed by atoms with Gasteiger partial charge in [-0.1, -0.05) is 13.8 Å². The van der Waals surface area contributed by atoms with E-state index >= 15 is 0 Å². The number of hydrogen-bond donors (Lipinski definition) is 0. The number of Topliss-reactive ketones (excluding diaryl/α,β-unsaturated/α-hetero) is 1. The van der Waals surface area contributed by atoms with E-state index in [1.165, 1.54) is 0 Å². The van der Waals surface area contributed by atoms with Crippen LogP contribution in [0.15, 0.2) is 0 Å². The van der Waals surface area contributed by atoms with E-state index in [0.717, 1.165) is 5.92 Å². The van der Waals surface area contributed by atoms with Gasteiger partial charge in [0.15, 0.2) is 5.78 Å². The van der Waals surface area contributed by atoms with Crippen molar-refractivity contribution in [2.24, 2.45) is 0 Å². The molecule has 2 rings (SSSR count). The third kappa shape index (κ3) is 8.61.